The van der Waals surface area contributed by atoms with E-state index >= 15 is 0 Å². The molecule has 3 N–H and O–H groups in total. The van der Waals surface area contributed by atoms with Crippen LogP contribution in [0.5, 0.6) is 0 Å². The lowest BCUT2D eigenvalue weighted by Gasteiger charge is -2.15. The molecule has 0 aliphatic heterocycles. The fourth-order valence-corrected chi connectivity index (χ4v) is 2.97. The van der Waals surface area contributed by atoms with Gasteiger partial charge in [0.2, 0.25) is 0 Å². The zero-order valence-corrected chi connectivity index (χ0v) is 18.6. The quantitative estimate of drug-likeness (QED) is 0.437. The first kappa shape index (κ1) is 23.5. The van der Waals surface area contributed by atoms with Crippen LogP contribution in [-0.2, 0) is 4.84 Å². The largest absolute Gasteiger partial charge is 0.353 e. The number of halogens is 2. The standard InChI is InChI=1S/C20H23ClN6O2.ClH/c1-12(2)27-19(9-13(3)25-27)24-18-10-17(15(21)11-22-18)23-16-8-6-5-7-14(16)20(28)26-29-4;/h5-12H,1-4H3,(H,26,28)(H2,22,23,24);1H. The number of benzene rings is 1. The van der Waals surface area contributed by atoms with Crippen LogP contribution in [0.25, 0.3) is 0 Å². The third-order valence-corrected chi connectivity index (χ3v) is 4.40. The highest BCUT2D eigenvalue weighted by Crippen LogP contribution is 2.30. The van der Waals surface area contributed by atoms with Gasteiger partial charge in [-0.25, -0.2) is 15.1 Å². The summed E-state index contributed by atoms with van der Waals surface area (Å²) in [5.41, 5.74) is 4.84. The molecular weight excluding hydrogens is 427 g/mol. The summed E-state index contributed by atoms with van der Waals surface area (Å²) in [4.78, 5) is 21.3. The summed E-state index contributed by atoms with van der Waals surface area (Å²) >= 11 is 6.33. The highest BCUT2D eigenvalue weighted by atomic mass is 35.5. The summed E-state index contributed by atoms with van der Waals surface area (Å²) in [5.74, 6) is 1.06. The van der Waals surface area contributed by atoms with Gasteiger partial charge < -0.3 is 10.6 Å². The molecule has 10 heteroatoms. The average Bonchev–Trinajstić information content (AvgIpc) is 3.05. The molecule has 0 atom stereocenters. The highest BCUT2D eigenvalue weighted by Gasteiger charge is 2.14. The van der Waals surface area contributed by atoms with Gasteiger partial charge in [-0.2, -0.15) is 5.10 Å². The second kappa shape index (κ2) is 10.3. The molecule has 160 valence electrons. The van der Waals surface area contributed by atoms with E-state index in [2.05, 4.69) is 40.0 Å². The number of para-hydroxylation sites is 1. The molecule has 30 heavy (non-hydrogen) atoms. The van der Waals surface area contributed by atoms with Crippen molar-refractivity contribution < 1.29 is 9.63 Å². The Balaban J connectivity index is 0.00000320. The lowest BCUT2D eigenvalue weighted by atomic mass is 10.1. The predicted molar refractivity (Wildman–Crippen MR) is 121 cm³/mol. The van der Waals surface area contributed by atoms with E-state index in [4.69, 9.17) is 16.4 Å². The molecule has 3 rings (SSSR count). The SMILES string of the molecule is CONC(=O)c1ccccc1Nc1cc(Nc2cc(C)nn2C(C)C)ncc1Cl.Cl. The van der Waals surface area contributed by atoms with Gasteiger partial charge in [0.15, 0.2) is 0 Å². The number of nitrogens with one attached hydrogen (secondary N) is 3. The molecule has 0 aliphatic carbocycles. The molecule has 0 saturated carbocycles. The van der Waals surface area contributed by atoms with E-state index < -0.39 is 0 Å². The molecule has 0 aliphatic rings. The molecule has 0 radical (unpaired) electrons. The summed E-state index contributed by atoms with van der Waals surface area (Å²) in [6, 6.07) is 11.0. The van der Waals surface area contributed by atoms with Crippen molar-refractivity contribution in [3.63, 3.8) is 0 Å². The van der Waals surface area contributed by atoms with Crippen LogP contribution in [0.2, 0.25) is 5.02 Å². The van der Waals surface area contributed by atoms with Crippen LogP contribution in [0.1, 0.15) is 35.9 Å². The minimum absolute atomic E-state index is 0. The van der Waals surface area contributed by atoms with Gasteiger partial charge in [0.1, 0.15) is 11.6 Å². The van der Waals surface area contributed by atoms with Gasteiger partial charge >= 0.3 is 0 Å². The number of carbonyl (C=O) groups is 1. The first-order chi connectivity index (χ1) is 13.9. The Morgan fingerprint density at radius 1 is 1.17 bits per heavy atom. The molecule has 2 heterocycles. The van der Waals surface area contributed by atoms with E-state index in [1.807, 2.05) is 23.7 Å². The van der Waals surface area contributed by atoms with Gasteiger partial charge in [-0.15, -0.1) is 12.4 Å². The minimum atomic E-state index is -0.365. The minimum Gasteiger partial charge on any atom is -0.353 e. The summed E-state index contributed by atoms with van der Waals surface area (Å²) in [6.07, 6.45) is 1.55. The van der Waals surface area contributed by atoms with Crippen molar-refractivity contribution >= 4 is 52.9 Å². The molecule has 8 nitrogen and oxygen atoms in total. The van der Waals surface area contributed by atoms with Crippen LogP contribution in [0, 0.1) is 6.92 Å². The summed E-state index contributed by atoms with van der Waals surface area (Å²) in [7, 11) is 1.38. The Labute approximate surface area is 186 Å². The average molecular weight is 451 g/mol. The van der Waals surface area contributed by atoms with Crippen molar-refractivity contribution in [1.29, 1.82) is 0 Å². The summed E-state index contributed by atoms with van der Waals surface area (Å²) < 4.78 is 1.89. The van der Waals surface area contributed by atoms with Crippen LogP contribution < -0.4 is 16.1 Å². The van der Waals surface area contributed by atoms with Crippen molar-refractivity contribution in [2.24, 2.45) is 0 Å². The number of pyridine rings is 1. The second-order valence-electron chi connectivity index (χ2n) is 6.69. The molecule has 3 aromatic rings. The number of hydrogen-bond acceptors (Lipinski definition) is 6. The number of rotatable bonds is 7. The Morgan fingerprint density at radius 2 is 1.90 bits per heavy atom. The molecular formula is C20H24Cl2N6O2. The van der Waals surface area contributed by atoms with Crippen LogP contribution in [0.3, 0.4) is 0 Å². The third kappa shape index (κ3) is 5.41. The normalized spacial score (nSPS) is 10.5. The van der Waals surface area contributed by atoms with Crippen molar-refractivity contribution in [2.75, 3.05) is 17.7 Å². The maximum Gasteiger partial charge on any atom is 0.276 e. The lowest BCUT2D eigenvalue weighted by Crippen LogP contribution is -2.22. The second-order valence-corrected chi connectivity index (χ2v) is 7.10. The number of amides is 1. The maximum atomic E-state index is 12.2. The lowest BCUT2D eigenvalue weighted by molar-refractivity contribution is 0.0538. The fraction of sp³-hybridized carbons (Fsp3) is 0.250. The summed E-state index contributed by atoms with van der Waals surface area (Å²) in [6.45, 7) is 6.05. The van der Waals surface area contributed by atoms with Gasteiger partial charge in [0.25, 0.3) is 5.91 Å². The van der Waals surface area contributed by atoms with Crippen LogP contribution in [0.4, 0.5) is 23.0 Å². The summed E-state index contributed by atoms with van der Waals surface area (Å²) in [5, 5.41) is 11.4. The molecule has 1 amide bonds. The highest BCUT2D eigenvalue weighted by molar-refractivity contribution is 6.33. The number of anilines is 4. The Morgan fingerprint density at radius 3 is 2.60 bits per heavy atom. The van der Waals surface area contributed by atoms with Gasteiger partial charge in [-0.3, -0.25) is 9.63 Å². The number of carbonyl (C=O) groups excluding carboxylic acids is 1. The Hall–Kier alpha value is -2.81. The smallest absolute Gasteiger partial charge is 0.276 e. The number of aromatic nitrogens is 3. The van der Waals surface area contributed by atoms with E-state index in [0.717, 1.165) is 11.5 Å². The van der Waals surface area contributed by atoms with Gasteiger partial charge in [-0.1, -0.05) is 23.7 Å². The third-order valence-electron chi connectivity index (χ3n) is 4.09. The first-order valence-corrected chi connectivity index (χ1v) is 9.45. The Bertz CT molecular complexity index is 1020. The molecule has 0 fully saturated rings. The first-order valence-electron chi connectivity index (χ1n) is 9.07. The van der Waals surface area contributed by atoms with Crippen molar-refractivity contribution in [3.05, 3.63) is 58.9 Å². The van der Waals surface area contributed by atoms with Crippen LogP contribution in [0.15, 0.2) is 42.6 Å². The van der Waals surface area contributed by atoms with E-state index in [-0.39, 0.29) is 24.4 Å². The van der Waals surface area contributed by atoms with Gasteiger partial charge in [0.05, 0.1) is 41.0 Å². The van der Waals surface area contributed by atoms with Crippen molar-refractivity contribution in [1.82, 2.24) is 20.2 Å². The van der Waals surface area contributed by atoms with Crippen molar-refractivity contribution in [2.45, 2.75) is 26.8 Å². The van der Waals surface area contributed by atoms with E-state index in [1.165, 1.54) is 7.11 Å². The number of aryl methyl sites for hydroxylation is 1. The molecule has 0 bridgehead atoms. The van der Waals surface area contributed by atoms with Crippen molar-refractivity contribution in [3.8, 4) is 0 Å². The Kier molecular flexibility index (Phi) is 8.05. The number of hydroxylamine groups is 1. The molecule has 1 aromatic carbocycles. The van der Waals surface area contributed by atoms with E-state index in [1.54, 1.807) is 30.5 Å². The van der Waals surface area contributed by atoms with Gasteiger partial charge in [-0.05, 0) is 32.9 Å². The molecule has 2 aromatic heterocycles. The molecule has 0 unspecified atom stereocenters. The predicted octanol–water partition coefficient (Wildman–Crippen LogP) is 5.02. The zero-order valence-electron chi connectivity index (χ0n) is 17.1. The fourth-order valence-electron chi connectivity index (χ4n) is 2.82. The zero-order chi connectivity index (χ0) is 21.0. The number of nitrogens with zero attached hydrogens (tertiary/aromatic N) is 3. The molecule has 0 spiro atoms. The van der Waals surface area contributed by atoms with E-state index in [0.29, 0.717) is 27.8 Å². The van der Waals surface area contributed by atoms with Crippen LogP contribution in [-0.4, -0.2) is 27.8 Å². The topological polar surface area (TPSA) is 93.1 Å². The monoisotopic (exact) mass is 450 g/mol. The number of hydrogen-bond donors (Lipinski definition) is 3. The van der Waals surface area contributed by atoms with E-state index in [9.17, 15) is 4.79 Å². The molecule has 0 saturated heterocycles. The van der Waals surface area contributed by atoms with Crippen LogP contribution >= 0.6 is 24.0 Å². The van der Waals surface area contributed by atoms with Gasteiger partial charge in [0, 0.05) is 18.2 Å². The maximum absolute atomic E-state index is 12.2.